The van der Waals surface area contributed by atoms with Gasteiger partial charge in [-0.2, -0.15) is 5.10 Å². The zero-order valence-electron chi connectivity index (χ0n) is 16.6. The van der Waals surface area contributed by atoms with Gasteiger partial charge in [0.25, 0.3) is 0 Å². The Kier molecular flexibility index (Phi) is 5.24. The number of aryl methyl sites for hydroxylation is 1. The summed E-state index contributed by atoms with van der Waals surface area (Å²) in [5, 5.41) is 7.43. The van der Waals surface area contributed by atoms with Crippen LogP contribution < -0.4 is 4.74 Å². The number of carbonyl (C=O) groups excluding carboxylic acids is 1. The van der Waals surface area contributed by atoms with Crippen LogP contribution >= 0.6 is 11.6 Å². The van der Waals surface area contributed by atoms with Crippen LogP contribution in [0.3, 0.4) is 0 Å². The molecule has 0 fully saturated rings. The Bertz CT molecular complexity index is 1110. The second-order valence-electron chi connectivity index (χ2n) is 7.15. The van der Waals surface area contributed by atoms with Gasteiger partial charge in [0.15, 0.2) is 0 Å². The Morgan fingerprint density at radius 3 is 2.66 bits per heavy atom. The maximum atomic E-state index is 12.3. The lowest BCUT2D eigenvalue weighted by Gasteiger charge is -2.21. The van der Waals surface area contributed by atoms with Crippen molar-refractivity contribution in [3.63, 3.8) is 0 Å². The summed E-state index contributed by atoms with van der Waals surface area (Å²) in [6, 6.07) is 15.6. The Labute approximate surface area is 175 Å². The van der Waals surface area contributed by atoms with Crippen LogP contribution in [0.4, 0.5) is 0 Å². The summed E-state index contributed by atoms with van der Waals surface area (Å²) < 4.78 is 5.55. The quantitative estimate of drug-likeness (QED) is 0.552. The lowest BCUT2D eigenvalue weighted by atomic mass is 9.98. The maximum absolute atomic E-state index is 12.3. The monoisotopic (exact) mass is 407 g/mol. The predicted octanol–water partition coefficient (Wildman–Crippen LogP) is 5.29. The Hall–Kier alpha value is -2.92. The number of hydrazone groups is 1. The molecule has 3 aromatic rings. The molecular weight excluding hydrogens is 386 g/mol. The van der Waals surface area contributed by atoms with Crippen LogP contribution in [-0.2, 0) is 4.79 Å². The van der Waals surface area contributed by atoms with Crippen LogP contribution in [0.1, 0.15) is 43.0 Å². The maximum Gasteiger partial charge on any atom is 0.240 e. The van der Waals surface area contributed by atoms with Crippen LogP contribution in [0.2, 0.25) is 5.15 Å². The normalized spacial score (nSPS) is 16.2. The summed E-state index contributed by atoms with van der Waals surface area (Å²) in [7, 11) is 0. The number of hydrogen-bond acceptors (Lipinski definition) is 4. The van der Waals surface area contributed by atoms with Crippen molar-refractivity contribution in [2.45, 2.75) is 33.2 Å². The smallest absolute Gasteiger partial charge is 0.240 e. The third kappa shape index (κ3) is 3.83. The average Bonchev–Trinajstić information content (AvgIpc) is 3.13. The van der Waals surface area contributed by atoms with Gasteiger partial charge in [0.1, 0.15) is 10.9 Å². The number of halogens is 1. The lowest BCUT2D eigenvalue weighted by Crippen LogP contribution is -2.24. The molecule has 1 aromatic heterocycles. The van der Waals surface area contributed by atoms with Gasteiger partial charge in [0.2, 0.25) is 5.91 Å². The first-order valence-electron chi connectivity index (χ1n) is 9.63. The molecule has 0 spiro atoms. The zero-order chi connectivity index (χ0) is 20.5. The molecule has 2 aromatic carbocycles. The van der Waals surface area contributed by atoms with Gasteiger partial charge in [-0.05, 0) is 37.6 Å². The molecular formula is C23H22ClN3O2. The van der Waals surface area contributed by atoms with Crippen molar-refractivity contribution < 1.29 is 9.53 Å². The molecule has 1 amide bonds. The SMILES string of the molecule is CCOc1ccc2cc([C@H]3CC(c4ccc(C)cc4)=NN3C(C)=O)c(Cl)nc2c1. The Balaban J connectivity index is 1.72. The van der Waals surface area contributed by atoms with E-state index in [1.807, 2.05) is 62.4 Å². The molecule has 148 valence electrons. The van der Waals surface area contributed by atoms with Crippen molar-refractivity contribution in [1.29, 1.82) is 0 Å². The van der Waals surface area contributed by atoms with Crippen molar-refractivity contribution in [3.05, 3.63) is 70.4 Å². The molecule has 0 saturated heterocycles. The van der Waals surface area contributed by atoms with E-state index in [1.54, 1.807) is 0 Å². The van der Waals surface area contributed by atoms with E-state index < -0.39 is 0 Å². The van der Waals surface area contributed by atoms with Gasteiger partial charge in [0, 0.05) is 30.4 Å². The van der Waals surface area contributed by atoms with Gasteiger partial charge in [-0.1, -0.05) is 41.4 Å². The van der Waals surface area contributed by atoms with Gasteiger partial charge < -0.3 is 4.74 Å². The molecule has 5 nitrogen and oxygen atoms in total. The van der Waals surface area contributed by atoms with Crippen molar-refractivity contribution in [2.24, 2.45) is 5.10 Å². The van der Waals surface area contributed by atoms with Gasteiger partial charge in [-0.15, -0.1) is 0 Å². The molecule has 0 unspecified atom stereocenters. The minimum atomic E-state index is -0.278. The number of carbonyl (C=O) groups is 1. The third-order valence-electron chi connectivity index (χ3n) is 5.06. The fourth-order valence-corrected chi connectivity index (χ4v) is 3.86. The first-order chi connectivity index (χ1) is 14.0. The van der Waals surface area contributed by atoms with Gasteiger partial charge in [-0.3, -0.25) is 4.79 Å². The molecule has 0 N–H and O–H groups in total. The largest absolute Gasteiger partial charge is 0.494 e. The number of amides is 1. The summed E-state index contributed by atoms with van der Waals surface area (Å²) in [6.07, 6.45) is 0.590. The van der Waals surface area contributed by atoms with Crippen LogP contribution in [-0.4, -0.2) is 28.2 Å². The Morgan fingerprint density at radius 1 is 1.21 bits per heavy atom. The molecule has 0 bridgehead atoms. The number of rotatable bonds is 4. The summed E-state index contributed by atoms with van der Waals surface area (Å²) in [4.78, 5) is 16.9. The second-order valence-corrected chi connectivity index (χ2v) is 7.51. The molecule has 0 radical (unpaired) electrons. The number of pyridine rings is 1. The van der Waals surface area contributed by atoms with E-state index in [0.29, 0.717) is 18.2 Å². The number of fused-ring (bicyclic) bond motifs is 1. The van der Waals surface area contributed by atoms with Crippen LogP contribution in [0, 0.1) is 6.92 Å². The van der Waals surface area contributed by atoms with E-state index in [4.69, 9.17) is 16.3 Å². The van der Waals surface area contributed by atoms with Crippen molar-refractivity contribution in [3.8, 4) is 5.75 Å². The van der Waals surface area contributed by atoms with Crippen molar-refractivity contribution in [1.82, 2.24) is 9.99 Å². The zero-order valence-corrected chi connectivity index (χ0v) is 17.4. The number of ether oxygens (including phenoxy) is 1. The van der Waals surface area contributed by atoms with E-state index in [9.17, 15) is 4.79 Å². The number of benzene rings is 2. The average molecular weight is 408 g/mol. The highest BCUT2D eigenvalue weighted by molar-refractivity contribution is 6.30. The van der Waals surface area contributed by atoms with E-state index in [1.165, 1.54) is 17.5 Å². The molecule has 29 heavy (non-hydrogen) atoms. The highest BCUT2D eigenvalue weighted by Crippen LogP contribution is 2.37. The summed E-state index contributed by atoms with van der Waals surface area (Å²) >= 11 is 6.56. The topological polar surface area (TPSA) is 54.8 Å². The molecule has 1 aliphatic heterocycles. The Morgan fingerprint density at radius 2 is 1.97 bits per heavy atom. The summed E-state index contributed by atoms with van der Waals surface area (Å²) in [5.74, 6) is 0.632. The van der Waals surface area contributed by atoms with E-state index >= 15 is 0 Å². The van der Waals surface area contributed by atoms with E-state index in [-0.39, 0.29) is 11.9 Å². The van der Waals surface area contributed by atoms with E-state index in [0.717, 1.165) is 33.5 Å². The number of hydrogen-bond donors (Lipinski definition) is 0. The molecule has 1 aliphatic rings. The molecule has 1 atom stereocenters. The van der Waals surface area contributed by atoms with Gasteiger partial charge in [0.05, 0.1) is 23.9 Å². The third-order valence-corrected chi connectivity index (χ3v) is 5.36. The van der Waals surface area contributed by atoms with Crippen LogP contribution in [0.15, 0.2) is 53.6 Å². The first-order valence-corrected chi connectivity index (χ1v) is 10.0. The highest BCUT2D eigenvalue weighted by atomic mass is 35.5. The fraction of sp³-hybridized carbons (Fsp3) is 0.261. The van der Waals surface area contributed by atoms with Crippen LogP contribution in [0.25, 0.3) is 10.9 Å². The van der Waals surface area contributed by atoms with Gasteiger partial charge in [-0.25, -0.2) is 9.99 Å². The molecule has 0 saturated carbocycles. The second kappa shape index (κ2) is 7.84. The molecule has 0 aliphatic carbocycles. The highest BCUT2D eigenvalue weighted by Gasteiger charge is 2.33. The lowest BCUT2D eigenvalue weighted by molar-refractivity contribution is -0.130. The van der Waals surface area contributed by atoms with Gasteiger partial charge >= 0.3 is 0 Å². The number of nitrogens with zero attached hydrogens (tertiary/aromatic N) is 3. The predicted molar refractivity (Wildman–Crippen MR) is 116 cm³/mol. The molecule has 6 heteroatoms. The van der Waals surface area contributed by atoms with Crippen LogP contribution in [0.5, 0.6) is 5.75 Å². The molecule has 2 heterocycles. The van der Waals surface area contributed by atoms with Crippen molar-refractivity contribution in [2.75, 3.05) is 6.61 Å². The first kappa shape index (κ1) is 19.4. The molecule has 4 rings (SSSR count). The minimum absolute atomic E-state index is 0.125. The number of aromatic nitrogens is 1. The van der Waals surface area contributed by atoms with Crippen molar-refractivity contribution >= 4 is 34.1 Å². The fourth-order valence-electron chi connectivity index (χ4n) is 3.59. The van der Waals surface area contributed by atoms with E-state index in [2.05, 4.69) is 10.1 Å². The summed E-state index contributed by atoms with van der Waals surface area (Å²) in [5.41, 5.74) is 4.62. The standard InChI is InChI=1S/C23H22ClN3O2/c1-4-29-18-10-9-17-11-19(23(24)25-20(17)12-18)22-13-21(26-27(22)15(3)28)16-7-5-14(2)6-8-16/h5-12,22H,4,13H2,1-3H3/t22-/m1/s1. The minimum Gasteiger partial charge on any atom is -0.494 e. The summed E-state index contributed by atoms with van der Waals surface area (Å²) in [6.45, 7) is 6.09.